The summed E-state index contributed by atoms with van der Waals surface area (Å²) >= 11 is 5.97. The summed E-state index contributed by atoms with van der Waals surface area (Å²) in [7, 11) is -3.18. The van der Waals surface area contributed by atoms with Gasteiger partial charge in [-0.2, -0.15) is 0 Å². The average molecular weight is 488 g/mol. The lowest BCUT2D eigenvalue weighted by molar-refractivity contribution is 0.0662. The summed E-state index contributed by atoms with van der Waals surface area (Å²) < 4.78 is 36.2. The van der Waals surface area contributed by atoms with E-state index >= 15 is 0 Å². The van der Waals surface area contributed by atoms with Crippen molar-refractivity contribution in [1.29, 1.82) is 0 Å². The lowest BCUT2D eigenvalue weighted by Crippen LogP contribution is -2.40. The zero-order valence-electron chi connectivity index (χ0n) is 18.4. The second kappa shape index (κ2) is 10.0. The molecule has 3 aromatic rings. The Morgan fingerprint density at radius 1 is 1.12 bits per heavy atom. The van der Waals surface area contributed by atoms with Gasteiger partial charge in [0, 0.05) is 16.6 Å². The van der Waals surface area contributed by atoms with Gasteiger partial charge in [0.1, 0.15) is 17.3 Å². The number of carbonyl (C=O) groups is 1. The van der Waals surface area contributed by atoms with Gasteiger partial charge in [0.25, 0.3) is 5.91 Å². The van der Waals surface area contributed by atoms with Crippen LogP contribution in [0.1, 0.15) is 35.9 Å². The Morgan fingerprint density at radius 2 is 1.88 bits per heavy atom. The van der Waals surface area contributed by atoms with Crippen molar-refractivity contribution in [3.05, 3.63) is 77.0 Å². The van der Waals surface area contributed by atoms with Gasteiger partial charge in [0.05, 0.1) is 30.2 Å². The molecule has 33 heavy (non-hydrogen) atoms. The minimum Gasteiger partial charge on any atom is -0.493 e. The van der Waals surface area contributed by atoms with Crippen molar-refractivity contribution in [3.8, 4) is 17.1 Å². The number of rotatable bonds is 8. The van der Waals surface area contributed by atoms with Gasteiger partial charge in [-0.15, -0.1) is 0 Å². The number of para-hydroxylation sites is 1. The Bertz CT molecular complexity index is 1220. The average Bonchev–Trinajstić information content (AvgIpc) is 3.42. The van der Waals surface area contributed by atoms with Crippen molar-refractivity contribution in [2.75, 3.05) is 18.1 Å². The molecule has 4 rings (SSSR count). The molecule has 2 aromatic carbocycles. The van der Waals surface area contributed by atoms with Crippen LogP contribution < -0.4 is 4.74 Å². The summed E-state index contributed by atoms with van der Waals surface area (Å²) in [6.45, 7) is 2.65. The highest BCUT2D eigenvalue weighted by Gasteiger charge is 2.36. The molecule has 1 unspecified atom stereocenters. The van der Waals surface area contributed by atoms with E-state index in [9.17, 15) is 13.2 Å². The number of furan rings is 1. The number of amides is 1. The highest BCUT2D eigenvalue weighted by atomic mass is 35.5. The Balaban J connectivity index is 1.63. The first-order valence-electron chi connectivity index (χ1n) is 10.9. The van der Waals surface area contributed by atoms with Gasteiger partial charge in [0.15, 0.2) is 9.84 Å². The predicted molar refractivity (Wildman–Crippen MR) is 128 cm³/mol. The molecule has 8 heteroatoms. The molecule has 0 radical (unpaired) electrons. The molecule has 0 spiro atoms. The van der Waals surface area contributed by atoms with Crippen LogP contribution in [0, 0.1) is 0 Å². The molecule has 0 saturated carbocycles. The van der Waals surface area contributed by atoms with Gasteiger partial charge in [-0.25, -0.2) is 8.42 Å². The standard InChI is InChI=1S/C25H26ClNO5S/c1-2-14-31-24-6-4-3-5-22(24)25(28)27(20-13-15-33(29,30)17-20)16-21-11-12-23(32-21)18-7-9-19(26)10-8-18/h3-12,20H,2,13-17H2,1H3. The van der Waals surface area contributed by atoms with Crippen LogP contribution >= 0.6 is 11.6 Å². The van der Waals surface area contributed by atoms with E-state index in [-0.39, 0.29) is 24.0 Å². The highest BCUT2D eigenvalue weighted by molar-refractivity contribution is 7.91. The molecule has 0 N–H and O–H groups in total. The van der Waals surface area contributed by atoms with Crippen LogP contribution in [0.3, 0.4) is 0 Å². The topological polar surface area (TPSA) is 76.8 Å². The quantitative estimate of drug-likeness (QED) is 0.435. The first kappa shape index (κ1) is 23.4. The molecule has 1 aliphatic heterocycles. The molecule has 1 aliphatic rings. The molecule has 2 heterocycles. The Labute approximate surface area is 199 Å². The number of sulfone groups is 1. The molecule has 1 aromatic heterocycles. The summed E-state index contributed by atoms with van der Waals surface area (Å²) in [5, 5.41) is 0.633. The smallest absolute Gasteiger partial charge is 0.258 e. The van der Waals surface area contributed by atoms with E-state index in [1.165, 1.54) is 0 Å². The number of benzene rings is 2. The number of halogens is 1. The third kappa shape index (κ3) is 5.60. The van der Waals surface area contributed by atoms with Crippen LogP contribution in [0.15, 0.2) is 65.1 Å². The van der Waals surface area contributed by atoms with Crippen LogP contribution in [-0.4, -0.2) is 43.4 Å². The normalized spacial score (nSPS) is 17.1. The van der Waals surface area contributed by atoms with E-state index in [2.05, 4.69) is 0 Å². The first-order chi connectivity index (χ1) is 15.9. The van der Waals surface area contributed by atoms with Gasteiger partial charge in [-0.1, -0.05) is 30.7 Å². The van der Waals surface area contributed by atoms with E-state index in [0.717, 1.165) is 12.0 Å². The second-order valence-corrected chi connectivity index (χ2v) is 10.8. The maximum absolute atomic E-state index is 13.6. The van der Waals surface area contributed by atoms with E-state index in [1.807, 2.05) is 37.3 Å². The zero-order chi connectivity index (χ0) is 23.4. The summed E-state index contributed by atoms with van der Waals surface area (Å²) in [5.74, 6) is 1.47. The Kier molecular flexibility index (Phi) is 7.10. The summed E-state index contributed by atoms with van der Waals surface area (Å²) in [5.41, 5.74) is 1.28. The van der Waals surface area contributed by atoms with Crippen molar-refractivity contribution in [2.45, 2.75) is 32.4 Å². The van der Waals surface area contributed by atoms with Crippen molar-refractivity contribution in [2.24, 2.45) is 0 Å². The van der Waals surface area contributed by atoms with Gasteiger partial charge < -0.3 is 14.1 Å². The van der Waals surface area contributed by atoms with Crippen molar-refractivity contribution in [3.63, 3.8) is 0 Å². The fourth-order valence-corrected chi connectivity index (χ4v) is 5.78. The number of carbonyl (C=O) groups excluding carboxylic acids is 1. The van der Waals surface area contributed by atoms with E-state index in [4.69, 9.17) is 20.8 Å². The lowest BCUT2D eigenvalue weighted by atomic mass is 10.1. The molecule has 1 atom stereocenters. The number of hydrogen-bond donors (Lipinski definition) is 0. The van der Waals surface area contributed by atoms with Gasteiger partial charge in [0.2, 0.25) is 0 Å². The third-order valence-electron chi connectivity index (χ3n) is 5.61. The number of ether oxygens (including phenoxy) is 1. The zero-order valence-corrected chi connectivity index (χ0v) is 19.9. The molecular formula is C25H26ClNO5S. The van der Waals surface area contributed by atoms with Gasteiger partial charge in [-0.05, 0) is 61.4 Å². The second-order valence-electron chi connectivity index (χ2n) is 8.11. The minimum absolute atomic E-state index is 0.0541. The third-order valence-corrected chi connectivity index (χ3v) is 7.61. The molecule has 1 fully saturated rings. The molecule has 0 aliphatic carbocycles. The Morgan fingerprint density at radius 3 is 2.58 bits per heavy atom. The highest BCUT2D eigenvalue weighted by Crippen LogP contribution is 2.29. The fourth-order valence-electron chi connectivity index (χ4n) is 3.92. The molecule has 1 saturated heterocycles. The van der Waals surface area contributed by atoms with Crippen LogP contribution in [0.2, 0.25) is 5.02 Å². The predicted octanol–water partition coefficient (Wildman–Crippen LogP) is 5.22. The summed E-state index contributed by atoms with van der Waals surface area (Å²) in [6, 6.07) is 17.6. The SMILES string of the molecule is CCCOc1ccccc1C(=O)N(Cc1ccc(-c2ccc(Cl)cc2)o1)C1CCS(=O)(=O)C1. The van der Waals surface area contributed by atoms with Crippen molar-refractivity contribution < 1.29 is 22.4 Å². The molecule has 6 nitrogen and oxygen atoms in total. The van der Waals surface area contributed by atoms with E-state index in [0.29, 0.717) is 40.9 Å². The molecule has 174 valence electrons. The summed E-state index contributed by atoms with van der Waals surface area (Å²) in [6.07, 6.45) is 1.21. The maximum atomic E-state index is 13.6. The molecule has 0 bridgehead atoms. The maximum Gasteiger partial charge on any atom is 0.258 e. The van der Waals surface area contributed by atoms with Crippen LogP contribution in [0.4, 0.5) is 0 Å². The molecule has 1 amide bonds. The van der Waals surface area contributed by atoms with E-state index in [1.54, 1.807) is 35.2 Å². The number of nitrogens with zero attached hydrogens (tertiary/aromatic N) is 1. The largest absolute Gasteiger partial charge is 0.493 e. The van der Waals surface area contributed by atoms with E-state index < -0.39 is 15.9 Å². The first-order valence-corrected chi connectivity index (χ1v) is 13.1. The lowest BCUT2D eigenvalue weighted by Gasteiger charge is -2.28. The van der Waals surface area contributed by atoms with Gasteiger partial charge >= 0.3 is 0 Å². The molecular weight excluding hydrogens is 462 g/mol. The number of hydrogen-bond acceptors (Lipinski definition) is 5. The Hall–Kier alpha value is -2.77. The minimum atomic E-state index is -3.18. The van der Waals surface area contributed by atoms with Crippen molar-refractivity contribution >= 4 is 27.3 Å². The monoisotopic (exact) mass is 487 g/mol. The summed E-state index contributed by atoms with van der Waals surface area (Å²) in [4.78, 5) is 15.2. The fraction of sp³-hybridized carbons (Fsp3) is 0.320. The van der Waals surface area contributed by atoms with Crippen LogP contribution in [0.25, 0.3) is 11.3 Å². The van der Waals surface area contributed by atoms with Crippen LogP contribution in [-0.2, 0) is 16.4 Å². The van der Waals surface area contributed by atoms with Crippen LogP contribution in [0.5, 0.6) is 5.75 Å². The van der Waals surface area contributed by atoms with Crippen molar-refractivity contribution in [1.82, 2.24) is 4.90 Å². The van der Waals surface area contributed by atoms with Gasteiger partial charge in [-0.3, -0.25) is 4.79 Å².